The summed E-state index contributed by atoms with van der Waals surface area (Å²) in [6, 6.07) is 2.21. The van der Waals surface area contributed by atoms with Crippen molar-refractivity contribution in [2.75, 3.05) is 13.1 Å². The van der Waals surface area contributed by atoms with Crippen molar-refractivity contribution in [3.8, 4) is 0 Å². The van der Waals surface area contributed by atoms with Crippen molar-refractivity contribution in [1.82, 2.24) is 15.1 Å². The molecule has 2 heterocycles. The molecule has 1 aromatic heterocycles. The largest absolute Gasteiger partial charge is 0.316 e. The maximum atomic E-state index is 4.40. The number of aryl methyl sites for hydroxylation is 2. The number of piperidine rings is 1. The zero-order chi connectivity index (χ0) is 10.8. The van der Waals surface area contributed by atoms with Crippen molar-refractivity contribution in [2.45, 2.75) is 26.7 Å². The Hall–Kier alpha value is -0.830. The predicted molar refractivity (Wildman–Crippen MR) is 61.8 cm³/mol. The monoisotopic (exact) mass is 207 g/mol. The third kappa shape index (κ3) is 2.40. The van der Waals surface area contributed by atoms with Crippen LogP contribution in [0.2, 0.25) is 0 Å². The number of aromatic nitrogens is 2. The summed E-state index contributed by atoms with van der Waals surface area (Å²) in [6.07, 6.45) is 2.47. The molecule has 1 fully saturated rings. The molecule has 84 valence electrons. The standard InChI is InChI=1S/C12H21N3/c1-9-4-5-13-8-11(9)7-12-6-10(2)14-15(12)3/h6,9,11,13H,4-5,7-8H2,1-3H3. The quantitative estimate of drug-likeness (QED) is 0.797. The molecule has 0 bridgehead atoms. The molecule has 0 spiro atoms. The van der Waals surface area contributed by atoms with Crippen LogP contribution in [0, 0.1) is 18.8 Å². The van der Waals surface area contributed by atoms with Crippen LogP contribution >= 0.6 is 0 Å². The van der Waals surface area contributed by atoms with Gasteiger partial charge >= 0.3 is 0 Å². The Kier molecular flexibility index (Phi) is 3.10. The van der Waals surface area contributed by atoms with Crippen molar-refractivity contribution >= 4 is 0 Å². The van der Waals surface area contributed by atoms with Crippen LogP contribution in [0.15, 0.2) is 6.07 Å². The Morgan fingerprint density at radius 1 is 1.60 bits per heavy atom. The SMILES string of the molecule is Cc1cc(CC2CNCCC2C)n(C)n1. The average Bonchev–Trinajstić information content (AvgIpc) is 2.49. The second kappa shape index (κ2) is 4.35. The van der Waals surface area contributed by atoms with E-state index in [0.29, 0.717) is 0 Å². The van der Waals surface area contributed by atoms with Crippen LogP contribution in [-0.4, -0.2) is 22.9 Å². The fourth-order valence-corrected chi connectivity index (χ4v) is 2.45. The normalized spacial score (nSPS) is 26.9. The van der Waals surface area contributed by atoms with Gasteiger partial charge in [-0.05, 0) is 50.8 Å². The third-order valence-corrected chi connectivity index (χ3v) is 3.56. The van der Waals surface area contributed by atoms with Gasteiger partial charge in [0.25, 0.3) is 0 Å². The number of nitrogens with zero attached hydrogens (tertiary/aromatic N) is 2. The van der Waals surface area contributed by atoms with Gasteiger partial charge in [-0.15, -0.1) is 0 Å². The number of hydrogen-bond donors (Lipinski definition) is 1. The lowest BCUT2D eigenvalue weighted by Crippen LogP contribution is -2.36. The van der Waals surface area contributed by atoms with E-state index in [9.17, 15) is 0 Å². The lowest BCUT2D eigenvalue weighted by atomic mass is 9.85. The number of rotatable bonds is 2. The van der Waals surface area contributed by atoms with Crippen molar-refractivity contribution < 1.29 is 0 Å². The second-order valence-electron chi connectivity index (χ2n) is 4.83. The summed E-state index contributed by atoms with van der Waals surface area (Å²) in [7, 11) is 2.04. The molecule has 1 aromatic rings. The molecule has 3 heteroatoms. The summed E-state index contributed by atoms with van der Waals surface area (Å²) in [6.45, 7) is 6.77. The molecule has 0 radical (unpaired) electrons. The summed E-state index contributed by atoms with van der Waals surface area (Å²) in [5, 5.41) is 7.88. The fourth-order valence-electron chi connectivity index (χ4n) is 2.45. The van der Waals surface area contributed by atoms with Crippen molar-refractivity contribution in [3.05, 3.63) is 17.5 Å². The Morgan fingerprint density at radius 2 is 2.40 bits per heavy atom. The fraction of sp³-hybridized carbons (Fsp3) is 0.750. The van der Waals surface area contributed by atoms with Crippen LogP contribution in [-0.2, 0) is 13.5 Å². The maximum Gasteiger partial charge on any atom is 0.0596 e. The Balaban J connectivity index is 2.04. The summed E-state index contributed by atoms with van der Waals surface area (Å²) < 4.78 is 2.02. The summed E-state index contributed by atoms with van der Waals surface area (Å²) >= 11 is 0. The lowest BCUT2D eigenvalue weighted by Gasteiger charge is -2.29. The Labute approximate surface area is 91.9 Å². The van der Waals surface area contributed by atoms with Gasteiger partial charge in [0.05, 0.1) is 5.69 Å². The van der Waals surface area contributed by atoms with E-state index in [1.54, 1.807) is 0 Å². The van der Waals surface area contributed by atoms with E-state index in [-0.39, 0.29) is 0 Å². The molecule has 1 saturated heterocycles. The van der Waals surface area contributed by atoms with E-state index in [0.717, 1.165) is 30.5 Å². The van der Waals surface area contributed by atoms with E-state index < -0.39 is 0 Å². The maximum absolute atomic E-state index is 4.40. The first-order chi connectivity index (χ1) is 7.16. The van der Waals surface area contributed by atoms with Crippen LogP contribution in [0.5, 0.6) is 0 Å². The minimum atomic E-state index is 0.772. The molecule has 1 N–H and O–H groups in total. The van der Waals surface area contributed by atoms with Gasteiger partial charge in [0, 0.05) is 12.7 Å². The van der Waals surface area contributed by atoms with E-state index in [4.69, 9.17) is 0 Å². The van der Waals surface area contributed by atoms with Gasteiger partial charge in [-0.2, -0.15) is 5.10 Å². The molecular weight excluding hydrogens is 186 g/mol. The molecular formula is C12H21N3. The highest BCUT2D eigenvalue weighted by molar-refractivity contribution is 5.09. The van der Waals surface area contributed by atoms with Gasteiger partial charge in [0.2, 0.25) is 0 Å². The first-order valence-electron chi connectivity index (χ1n) is 5.87. The molecule has 15 heavy (non-hydrogen) atoms. The van der Waals surface area contributed by atoms with Crippen LogP contribution in [0.4, 0.5) is 0 Å². The zero-order valence-electron chi connectivity index (χ0n) is 9.95. The highest BCUT2D eigenvalue weighted by Crippen LogP contribution is 2.22. The molecule has 2 unspecified atom stereocenters. The molecule has 1 aliphatic rings. The highest BCUT2D eigenvalue weighted by atomic mass is 15.3. The first kappa shape index (κ1) is 10.7. The molecule has 2 atom stereocenters. The van der Waals surface area contributed by atoms with Gasteiger partial charge in [0.1, 0.15) is 0 Å². The van der Waals surface area contributed by atoms with Crippen molar-refractivity contribution in [2.24, 2.45) is 18.9 Å². The van der Waals surface area contributed by atoms with E-state index in [1.807, 2.05) is 11.7 Å². The molecule has 1 aliphatic heterocycles. The summed E-state index contributed by atoms with van der Waals surface area (Å²) in [4.78, 5) is 0. The van der Waals surface area contributed by atoms with Gasteiger partial charge in [-0.3, -0.25) is 4.68 Å². The molecule has 3 nitrogen and oxygen atoms in total. The molecule has 0 aliphatic carbocycles. The predicted octanol–water partition coefficient (Wildman–Crippen LogP) is 1.52. The summed E-state index contributed by atoms with van der Waals surface area (Å²) in [5.74, 6) is 1.61. The van der Waals surface area contributed by atoms with Gasteiger partial charge in [-0.25, -0.2) is 0 Å². The van der Waals surface area contributed by atoms with Gasteiger partial charge < -0.3 is 5.32 Å². The Bertz CT molecular complexity index is 330. The Morgan fingerprint density at radius 3 is 3.00 bits per heavy atom. The minimum absolute atomic E-state index is 0.772. The van der Waals surface area contributed by atoms with E-state index in [1.165, 1.54) is 18.7 Å². The van der Waals surface area contributed by atoms with Gasteiger partial charge in [-0.1, -0.05) is 6.92 Å². The average molecular weight is 207 g/mol. The van der Waals surface area contributed by atoms with Crippen molar-refractivity contribution in [1.29, 1.82) is 0 Å². The third-order valence-electron chi connectivity index (χ3n) is 3.56. The zero-order valence-corrected chi connectivity index (χ0v) is 9.95. The van der Waals surface area contributed by atoms with Gasteiger partial charge in [0.15, 0.2) is 0 Å². The molecule has 0 saturated carbocycles. The smallest absolute Gasteiger partial charge is 0.0596 e. The summed E-state index contributed by atoms with van der Waals surface area (Å²) in [5.41, 5.74) is 2.50. The molecule has 0 aromatic carbocycles. The lowest BCUT2D eigenvalue weighted by molar-refractivity contribution is 0.269. The molecule has 0 amide bonds. The van der Waals surface area contributed by atoms with Crippen molar-refractivity contribution in [3.63, 3.8) is 0 Å². The number of hydrogen-bond acceptors (Lipinski definition) is 2. The first-order valence-corrected chi connectivity index (χ1v) is 5.87. The second-order valence-corrected chi connectivity index (χ2v) is 4.83. The highest BCUT2D eigenvalue weighted by Gasteiger charge is 2.22. The van der Waals surface area contributed by atoms with Crippen LogP contribution < -0.4 is 5.32 Å². The van der Waals surface area contributed by atoms with Crippen LogP contribution in [0.1, 0.15) is 24.7 Å². The topological polar surface area (TPSA) is 29.9 Å². The van der Waals surface area contributed by atoms with Crippen LogP contribution in [0.25, 0.3) is 0 Å². The van der Waals surface area contributed by atoms with E-state index in [2.05, 4.69) is 30.3 Å². The van der Waals surface area contributed by atoms with E-state index >= 15 is 0 Å². The van der Waals surface area contributed by atoms with Crippen LogP contribution in [0.3, 0.4) is 0 Å². The molecule has 2 rings (SSSR count). The number of nitrogens with one attached hydrogen (secondary N) is 1. The minimum Gasteiger partial charge on any atom is -0.316 e.